The number of hydrogen-bond acceptors (Lipinski definition) is 2. The molecule has 0 spiro atoms. The molecule has 1 heterocycles. The molecule has 0 saturated carbocycles. The summed E-state index contributed by atoms with van der Waals surface area (Å²) in [7, 11) is 1.93. The minimum Gasteiger partial charge on any atom is -0.299 e. The predicted octanol–water partition coefficient (Wildman–Crippen LogP) is 2.73. The Labute approximate surface area is 119 Å². The maximum Gasteiger partial charge on any atom is 0.136 e. The monoisotopic (exact) mass is 268 g/mol. The van der Waals surface area contributed by atoms with Gasteiger partial charge in [0.25, 0.3) is 0 Å². The lowest BCUT2D eigenvalue weighted by molar-refractivity contribution is -0.123. The Bertz CT molecular complexity index is 615. The van der Waals surface area contributed by atoms with E-state index in [0.717, 1.165) is 31.4 Å². The van der Waals surface area contributed by atoms with E-state index in [2.05, 4.69) is 29.4 Å². The highest BCUT2D eigenvalue weighted by molar-refractivity contribution is 5.81. The summed E-state index contributed by atoms with van der Waals surface area (Å²) in [6, 6.07) is 10.5. The van der Waals surface area contributed by atoms with E-state index in [4.69, 9.17) is 0 Å². The smallest absolute Gasteiger partial charge is 0.136 e. The summed E-state index contributed by atoms with van der Waals surface area (Å²) in [6.07, 6.45) is 6.18. The topological polar surface area (TPSA) is 34.9 Å². The molecule has 1 aliphatic rings. The van der Waals surface area contributed by atoms with Crippen molar-refractivity contribution in [3.8, 4) is 0 Å². The van der Waals surface area contributed by atoms with Gasteiger partial charge in [-0.1, -0.05) is 24.3 Å². The number of fused-ring (bicyclic) bond motifs is 1. The second-order valence-corrected chi connectivity index (χ2v) is 5.62. The van der Waals surface area contributed by atoms with Crippen LogP contribution in [0.25, 0.3) is 0 Å². The molecule has 0 fully saturated rings. The molecule has 104 valence electrons. The van der Waals surface area contributed by atoms with Crippen molar-refractivity contribution in [3.05, 3.63) is 53.3 Å². The van der Waals surface area contributed by atoms with Crippen LogP contribution in [0, 0.1) is 5.92 Å². The summed E-state index contributed by atoms with van der Waals surface area (Å²) >= 11 is 0. The minimum absolute atomic E-state index is 0.207. The van der Waals surface area contributed by atoms with Gasteiger partial charge < -0.3 is 0 Å². The van der Waals surface area contributed by atoms with Gasteiger partial charge in [-0.15, -0.1) is 0 Å². The molecule has 0 aliphatic heterocycles. The Hall–Kier alpha value is -1.90. The van der Waals surface area contributed by atoms with E-state index in [9.17, 15) is 4.79 Å². The number of Topliss-reactive ketones (excluding diaryl/α,β-unsaturated/α-hetero) is 1. The molecule has 1 aliphatic carbocycles. The molecule has 0 radical (unpaired) electrons. The summed E-state index contributed by atoms with van der Waals surface area (Å²) in [6.45, 7) is 0. The summed E-state index contributed by atoms with van der Waals surface area (Å²) in [4.78, 5) is 12.4. The van der Waals surface area contributed by atoms with Crippen molar-refractivity contribution in [2.45, 2.75) is 32.1 Å². The zero-order valence-electron chi connectivity index (χ0n) is 11.9. The van der Waals surface area contributed by atoms with Crippen molar-refractivity contribution in [2.24, 2.45) is 13.0 Å². The third-order valence-electron chi connectivity index (χ3n) is 4.35. The number of ketones is 1. The van der Waals surface area contributed by atoms with Gasteiger partial charge in [0.05, 0.1) is 0 Å². The molecule has 0 N–H and O–H groups in total. The third kappa shape index (κ3) is 2.67. The van der Waals surface area contributed by atoms with Gasteiger partial charge in [0.15, 0.2) is 0 Å². The summed E-state index contributed by atoms with van der Waals surface area (Å²) in [5, 5.41) is 4.14. The van der Waals surface area contributed by atoms with Gasteiger partial charge in [-0.2, -0.15) is 5.10 Å². The lowest BCUT2D eigenvalue weighted by Crippen LogP contribution is -2.23. The minimum atomic E-state index is 0.207. The van der Waals surface area contributed by atoms with Crippen LogP contribution in [0.15, 0.2) is 36.5 Å². The highest BCUT2D eigenvalue weighted by Gasteiger charge is 2.24. The lowest BCUT2D eigenvalue weighted by atomic mass is 9.81. The largest absolute Gasteiger partial charge is 0.299 e. The maximum atomic E-state index is 12.4. The van der Waals surface area contributed by atoms with Crippen molar-refractivity contribution >= 4 is 5.78 Å². The quantitative estimate of drug-likeness (QED) is 0.854. The molecule has 3 rings (SSSR count). The number of carbonyl (C=O) groups is 1. The fourth-order valence-corrected chi connectivity index (χ4v) is 3.07. The van der Waals surface area contributed by atoms with Crippen LogP contribution in [-0.2, 0) is 31.1 Å². The van der Waals surface area contributed by atoms with Crippen LogP contribution in [0.1, 0.15) is 29.7 Å². The zero-order chi connectivity index (χ0) is 13.9. The number of aryl methyl sites for hydroxylation is 3. The normalized spacial score (nSPS) is 17.8. The molecule has 3 nitrogen and oxygen atoms in total. The molecule has 0 bridgehead atoms. The Kier molecular flexibility index (Phi) is 3.68. The Morgan fingerprint density at radius 1 is 1.30 bits per heavy atom. The van der Waals surface area contributed by atoms with Gasteiger partial charge in [-0.05, 0) is 42.9 Å². The van der Waals surface area contributed by atoms with E-state index in [1.54, 1.807) is 6.20 Å². The van der Waals surface area contributed by atoms with E-state index < -0.39 is 0 Å². The van der Waals surface area contributed by atoms with E-state index in [0.29, 0.717) is 12.2 Å². The molecule has 3 heteroatoms. The zero-order valence-corrected chi connectivity index (χ0v) is 11.9. The first-order valence-corrected chi connectivity index (χ1v) is 7.30. The van der Waals surface area contributed by atoms with Crippen molar-refractivity contribution < 1.29 is 4.79 Å². The third-order valence-corrected chi connectivity index (χ3v) is 4.35. The molecule has 0 saturated heterocycles. The van der Waals surface area contributed by atoms with Gasteiger partial charge in [-0.25, -0.2) is 0 Å². The Morgan fingerprint density at radius 2 is 2.10 bits per heavy atom. The van der Waals surface area contributed by atoms with Crippen molar-refractivity contribution in [2.75, 3.05) is 0 Å². The lowest BCUT2D eigenvalue weighted by Gasteiger charge is -2.23. The van der Waals surface area contributed by atoms with Crippen LogP contribution in [0.2, 0.25) is 0 Å². The highest BCUT2D eigenvalue weighted by atomic mass is 16.1. The van der Waals surface area contributed by atoms with Crippen LogP contribution < -0.4 is 0 Å². The molecule has 2 aromatic rings. The molecule has 1 atom stereocenters. The van der Waals surface area contributed by atoms with E-state index in [1.165, 1.54) is 11.1 Å². The average molecular weight is 268 g/mol. The fourth-order valence-electron chi connectivity index (χ4n) is 3.07. The summed E-state index contributed by atoms with van der Waals surface area (Å²) in [5.74, 6) is 0.610. The van der Waals surface area contributed by atoms with Crippen molar-refractivity contribution in [1.29, 1.82) is 0 Å². The Morgan fingerprint density at radius 3 is 2.85 bits per heavy atom. The van der Waals surface area contributed by atoms with E-state index in [1.807, 2.05) is 17.8 Å². The standard InChI is InChI=1S/C17H20N2O/c1-19-16(10-11-18-19)8-9-17(20)15-7-6-13-4-2-3-5-14(13)12-15/h2-5,10-11,15H,6-9,12H2,1H3. The molecule has 0 amide bonds. The number of aromatic nitrogens is 2. The first-order chi connectivity index (χ1) is 9.74. The van der Waals surface area contributed by atoms with Crippen molar-refractivity contribution in [1.82, 2.24) is 9.78 Å². The van der Waals surface area contributed by atoms with Gasteiger partial charge in [0.2, 0.25) is 0 Å². The van der Waals surface area contributed by atoms with Gasteiger partial charge in [-0.3, -0.25) is 9.48 Å². The van der Waals surface area contributed by atoms with Crippen LogP contribution in [0.5, 0.6) is 0 Å². The van der Waals surface area contributed by atoms with Crippen molar-refractivity contribution in [3.63, 3.8) is 0 Å². The molecule has 20 heavy (non-hydrogen) atoms. The highest BCUT2D eigenvalue weighted by Crippen LogP contribution is 2.26. The van der Waals surface area contributed by atoms with Gasteiger partial charge >= 0.3 is 0 Å². The molecular weight excluding hydrogens is 248 g/mol. The maximum absolute atomic E-state index is 12.4. The molecule has 1 unspecified atom stereocenters. The molecule has 1 aromatic heterocycles. The van der Waals surface area contributed by atoms with Gasteiger partial charge in [0.1, 0.15) is 5.78 Å². The Balaban J connectivity index is 1.60. The first-order valence-electron chi connectivity index (χ1n) is 7.30. The van der Waals surface area contributed by atoms with Crippen LogP contribution in [0.4, 0.5) is 0 Å². The predicted molar refractivity (Wildman–Crippen MR) is 78.5 cm³/mol. The fraction of sp³-hybridized carbons (Fsp3) is 0.412. The number of hydrogen-bond donors (Lipinski definition) is 0. The second kappa shape index (κ2) is 5.61. The van der Waals surface area contributed by atoms with Crippen LogP contribution in [-0.4, -0.2) is 15.6 Å². The van der Waals surface area contributed by atoms with Crippen LogP contribution in [0.3, 0.4) is 0 Å². The van der Waals surface area contributed by atoms with Crippen LogP contribution >= 0.6 is 0 Å². The van der Waals surface area contributed by atoms with E-state index in [-0.39, 0.29) is 5.92 Å². The number of nitrogens with zero attached hydrogens (tertiary/aromatic N) is 2. The molecule has 1 aromatic carbocycles. The average Bonchev–Trinajstić information content (AvgIpc) is 2.89. The number of rotatable bonds is 4. The second-order valence-electron chi connectivity index (χ2n) is 5.62. The van der Waals surface area contributed by atoms with E-state index >= 15 is 0 Å². The van der Waals surface area contributed by atoms with Gasteiger partial charge in [0, 0.05) is 31.3 Å². The SMILES string of the molecule is Cn1nccc1CCC(=O)C1CCc2ccccc2C1. The number of carbonyl (C=O) groups excluding carboxylic acids is 1. The number of benzene rings is 1. The molecular formula is C17H20N2O. The first kappa shape index (κ1) is 13.1. The summed E-state index contributed by atoms with van der Waals surface area (Å²) < 4.78 is 1.85. The summed E-state index contributed by atoms with van der Waals surface area (Å²) in [5.41, 5.74) is 3.91.